The Morgan fingerprint density at radius 3 is 2.39 bits per heavy atom. The van der Waals surface area contributed by atoms with Gasteiger partial charge in [-0.2, -0.15) is 0 Å². The number of carbonyl (C=O) groups excluding carboxylic acids is 1. The third-order valence-corrected chi connectivity index (χ3v) is 2.83. The van der Waals surface area contributed by atoms with Crippen molar-refractivity contribution in [2.45, 2.75) is 33.3 Å². The summed E-state index contributed by atoms with van der Waals surface area (Å²) in [4.78, 5) is 13.6. The van der Waals surface area contributed by atoms with Crippen LogP contribution in [0.3, 0.4) is 0 Å². The van der Waals surface area contributed by atoms with Crippen molar-refractivity contribution in [1.29, 1.82) is 0 Å². The van der Waals surface area contributed by atoms with Crippen LogP contribution in [0.1, 0.15) is 37.6 Å². The van der Waals surface area contributed by atoms with Crippen LogP contribution in [0, 0.1) is 0 Å². The minimum atomic E-state index is 0.187. The van der Waals surface area contributed by atoms with E-state index in [0.717, 1.165) is 17.8 Å². The minimum absolute atomic E-state index is 0.187. The zero-order valence-corrected chi connectivity index (χ0v) is 11.8. The largest absolute Gasteiger partial charge is 0.377 e. The van der Waals surface area contributed by atoms with Gasteiger partial charge in [0.25, 0.3) is 0 Å². The number of likely N-dealkylation sites (N-methyl/N-ethyl adjacent to an activating group) is 1. The van der Waals surface area contributed by atoms with Crippen LogP contribution in [-0.4, -0.2) is 32.1 Å². The first-order valence-corrected chi connectivity index (χ1v) is 6.50. The van der Waals surface area contributed by atoms with Crippen molar-refractivity contribution in [3.8, 4) is 0 Å². The van der Waals surface area contributed by atoms with Gasteiger partial charge in [-0.05, 0) is 38.1 Å². The second kappa shape index (κ2) is 7.17. The molecule has 0 saturated heterocycles. The van der Waals surface area contributed by atoms with Crippen LogP contribution in [0.4, 0.5) is 5.69 Å². The van der Waals surface area contributed by atoms with Crippen LogP contribution in [-0.2, 0) is 4.74 Å². The molecule has 0 aliphatic carbocycles. The Morgan fingerprint density at radius 1 is 1.28 bits per heavy atom. The summed E-state index contributed by atoms with van der Waals surface area (Å²) in [6.45, 7) is 7.50. The lowest BCUT2D eigenvalue weighted by Gasteiger charge is -2.20. The number of ether oxygens (including phenoxy) is 1. The van der Waals surface area contributed by atoms with Crippen molar-refractivity contribution in [3.05, 3.63) is 29.8 Å². The molecule has 0 atom stereocenters. The molecule has 0 spiro atoms. The first-order chi connectivity index (χ1) is 8.54. The molecule has 0 fully saturated rings. The van der Waals surface area contributed by atoms with Crippen LogP contribution < -0.4 is 4.90 Å². The van der Waals surface area contributed by atoms with Crippen LogP contribution in [0.25, 0.3) is 0 Å². The van der Waals surface area contributed by atoms with Gasteiger partial charge in [0, 0.05) is 31.3 Å². The minimum Gasteiger partial charge on any atom is -0.377 e. The molecule has 0 aliphatic heterocycles. The van der Waals surface area contributed by atoms with Crippen molar-refractivity contribution in [3.63, 3.8) is 0 Å². The van der Waals surface area contributed by atoms with E-state index in [1.165, 1.54) is 0 Å². The summed E-state index contributed by atoms with van der Waals surface area (Å²) in [5.41, 5.74) is 1.89. The zero-order valence-electron chi connectivity index (χ0n) is 11.8. The highest BCUT2D eigenvalue weighted by atomic mass is 16.5. The molecule has 0 N–H and O–H groups in total. The first-order valence-electron chi connectivity index (χ1n) is 6.50. The van der Waals surface area contributed by atoms with Gasteiger partial charge in [-0.3, -0.25) is 4.79 Å². The lowest BCUT2D eigenvalue weighted by atomic mass is 10.1. The van der Waals surface area contributed by atoms with E-state index >= 15 is 0 Å². The highest BCUT2D eigenvalue weighted by Crippen LogP contribution is 2.14. The number of anilines is 1. The highest BCUT2D eigenvalue weighted by molar-refractivity contribution is 5.96. The number of ketones is 1. The Labute approximate surface area is 110 Å². The second-order valence-corrected chi connectivity index (χ2v) is 4.66. The Kier molecular flexibility index (Phi) is 5.86. The summed E-state index contributed by atoms with van der Waals surface area (Å²) < 4.78 is 5.52. The smallest absolute Gasteiger partial charge is 0.162 e. The fraction of sp³-hybridized carbons (Fsp3) is 0.533. The topological polar surface area (TPSA) is 29.5 Å². The van der Waals surface area contributed by atoms with Crippen molar-refractivity contribution < 1.29 is 9.53 Å². The third-order valence-electron chi connectivity index (χ3n) is 2.83. The summed E-state index contributed by atoms with van der Waals surface area (Å²) in [5, 5.41) is 0. The molecule has 100 valence electrons. The average Bonchev–Trinajstić information content (AvgIpc) is 2.37. The first kappa shape index (κ1) is 14.7. The lowest BCUT2D eigenvalue weighted by molar-refractivity contribution is 0.0846. The predicted molar refractivity (Wildman–Crippen MR) is 75.4 cm³/mol. The van der Waals surface area contributed by atoms with Crippen LogP contribution in [0.15, 0.2) is 24.3 Å². The Balaban J connectivity index is 2.53. The lowest BCUT2D eigenvalue weighted by Crippen LogP contribution is -2.23. The number of hydrogen-bond acceptors (Lipinski definition) is 3. The third kappa shape index (κ3) is 4.49. The quantitative estimate of drug-likeness (QED) is 0.695. The number of hydrogen-bond donors (Lipinski definition) is 0. The van der Waals surface area contributed by atoms with E-state index in [2.05, 4.69) is 4.90 Å². The summed E-state index contributed by atoms with van der Waals surface area (Å²) in [6, 6.07) is 7.75. The van der Waals surface area contributed by atoms with Gasteiger partial charge in [-0.1, -0.05) is 6.92 Å². The van der Waals surface area contributed by atoms with E-state index < -0.39 is 0 Å². The Bertz CT molecular complexity index is 371. The number of rotatable bonds is 7. The molecule has 1 aromatic rings. The van der Waals surface area contributed by atoms with E-state index in [-0.39, 0.29) is 11.9 Å². The molecule has 0 amide bonds. The molecule has 0 radical (unpaired) electrons. The summed E-state index contributed by atoms with van der Waals surface area (Å²) >= 11 is 0. The molecule has 0 bridgehead atoms. The van der Waals surface area contributed by atoms with Crippen molar-refractivity contribution >= 4 is 11.5 Å². The van der Waals surface area contributed by atoms with Gasteiger partial charge in [-0.15, -0.1) is 0 Å². The van der Waals surface area contributed by atoms with E-state index in [0.29, 0.717) is 13.0 Å². The Hall–Kier alpha value is -1.35. The van der Waals surface area contributed by atoms with Crippen LogP contribution in [0.2, 0.25) is 0 Å². The molecule has 1 rings (SSSR count). The molecular weight excluding hydrogens is 226 g/mol. The zero-order chi connectivity index (χ0) is 13.5. The van der Waals surface area contributed by atoms with E-state index in [9.17, 15) is 4.79 Å². The molecule has 0 heterocycles. The molecule has 0 aliphatic rings. The predicted octanol–water partition coefficient (Wildman–Crippen LogP) is 3.14. The monoisotopic (exact) mass is 249 g/mol. The average molecular weight is 249 g/mol. The summed E-state index contributed by atoms with van der Waals surface area (Å²) in [7, 11) is 2.03. The second-order valence-electron chi connectivity index (χ2n) is 4.66. The molecule has 18 heavy (non-hydrogen) atoms. The van der Waals surface area contributed by atoms with Gasteiger partial charge in [0.15, 0.2) is 5.78 Å². The summed E-state index contributed by atoms with van der Waals surface area (Å²) in [6.07, 6.45) is 0.820. The van der Waals surface area contributed by atoms with Crippen molar-refractivity contribution in [2.75, 3.05) is 25.1 Å². The molecule has 0 aromatic heterocycles. The highest BCUT2D eigenvalue weighted by Gasteiger charge is 2.05. The maximum Gasteiger partial charge on any atom is 0.162 e. The van der Waals surface area contributed by atoms with Gasteiger partial charge in [-0.25, -0.2) is 0 Å². The number of nitrogens with zero attached hydrogens (tertiary/aromatic N) is 1. The van der Waals surface area contributed by atoms with Crippen molar-refractivity contribution in [1.82, 2.24) is 0 Å². The fourth-order valence-corrected chi connectivity index (χ4v) is 1.66. The van der Waals surface area contributed by atoms with E-state index in [4.69, 9.17) is 4.74 Å². The normalized spacial score (nSPS) is 10.7. The number of carbonyl (C=O) groups is 1. The Morgan fingerprint density at radius 2 is 1.89 bits per heavy atom. The molecule has 1 aromatic carbocycles. The van der Waals surface area contributed by atoms with Crippen LogP contribution >= 0.6 is 0 Å². The molecular formula is C15H23NO2. The maximum absolute atomic E-state index is 11.5. The van der Waals surface area contributed by atoms with Gasteiger partial charge in [0.2, 0.25) is 0 Å². The number of benzene rings is 1. The summed E-state index contributed by atoms with van der Waals surface area (Å²) in [5.74, 6) is 0.187. The van der Waals surface area contributed by atoms with Gasteiger partial charge < -0.3 is 9.64 Å². The van der Waals surface area contributed by atoms with Gasteiger partial charge >= 0.3 is 0 Å². The van der Waals surface area contributed by atoms with E-state index in [1.807, 2.05) is 52.1 Å². The molecule has 0 saturated carbocycles. The molecule has 3 nitrogen and oxygen atoms in total. The molecule has 0 unspecified atom stereocenters. The SMILES string of the molecule is CCC(=O)c1ccc(N(C)CCOC(C)C)cc1. The maximum atomic E-state index is 11.5. The van der Waals surface area contributed by atoms with Crippen LogP contribution in [0.5, 0.6) is 0 Å². The number of Topliss-reactive ketones (excluding diaryl/α,β-unsaturated/α-hetero) is 1. The van der Waals surface area contributed by atoms with Crippen molar-refractivity contribution in [2.24, 2.45) is 0 Å². The van der Waals surface area contributed by atoms with E-state index in [1.54, 1.807) is 0 Å². The molecule has 3 heteroatoms. The van der Waals surface area contributed by atoms with Gasteiger partial charge in [0.05, 0.1) is 12.7 Å². The van der Waals surface area contributed by atoms with Gasteiger partial charge in [0.1, 0.15) is 0 Å². The standard InChI is InChI=1S/C15H23NO2/c1-5-15(17)13-6-8-14(9-7-13)16(4)10-11-18-12(2)3/h6-9,12H,5,10-11H2,1-4H3. The fourth-order valence-electron chi connectivity index (χ4n) is 1.66.